The summed E-state index contributed by atoms with van der Waals surface area (Å²) in [5, 5.41) is 15.6. The number of aliphatic imine (C=N–C) groups is 1. The number of halogens is 1. The van der Waals surface area contributed by atoms with Gasteiger partial charge in [-0.15, -0.1) is 0 Å². The third-order valence-electron chi connectivity index (χ3n) is 3.89. The van der Waals surface area contributed by atoms with E-state index in [1.165, 1.54) is 37.4 Å². The molecule has 1 atom stereocenters. The van der Waals surface area contributed by atoms with E-state index in [0.717, 1.165) is 17.5 Å². The number of ether oxygens (including phenoxy) is 1. The zero-order valence-corrected chi connectivity index (χ0v) is 15.2. The van der Waals surface area contributed by atoms with Crippen LogP contribution in [0.15, 0.2) is 47.4 Å². The average molecular weight is 406 g/mol. The summed E-state index contributed by atoms with van der Waals surface area (Å²) in [6, 6.07) is 6.93. The minimum absolute atomic E-state index is 0.0730. The second kappa shape index (κ2) is 7.25. The molecular formula is C16H15FN6O4S. The summed E-state index contributed by atoms with van der Waals surface area (Å²) in [5.41, 5.74) is 10.2. The Labute approximate surface area is 161 Å². The standard InChI is InChI=1S/C16H15FN6O4S/c1-27-10-3-2-8(16(19)12(17)7-20-15(18)22-16)6-9(10)21-14(24)11-4-5-13(28-11)23(25)26/h2-7H,19H2,1H3,(H,21,24)(H3,18,20,22). The lowest BCUT2D eigenvalue weighted by atomic mass is 9.98. The van der Waals surface area contributed by atoms with Crippen LogP contribution in [0.1, 0.15) is 15.2 Å². The summed E-state index contributed by atoms with van der Waals surface area (Å²) in [7, 11) is 1.39. The molecule has 0 spiro atoms. The van der Waals surface area contributed by atoms with Crippen LogP contribution >= 0.6 is 11.3 Å². The van der Waals surface area contributed by atoms with E-state index < -0.39 is 22.3 Å². The van der Waals surface area contributed by atoms with Crippen molar-refractivity contribution in [3.63, 3.8) is 0 Å². The lowest BCUT2D eigenvalue weighted by molar-refractivity contribution is -0.380. The topological polar surface area (TPSA) is 158 Å². The number of benzene rings is 1. The van der Waals surface area contributed by atoms with Crippen molar-refractivity contribution in [2.24, 2.45) is 16.5 Å². The number of guanidine groups is 1. The maximum atomic E-state index is 14.3. The number of nitro groups is 1. The normalized spacial score (nSPS) is 18.5. The highest BCUT2D eigenvalue weighted by atomic mass is 32.1. The minimum atomic E-state index is -1.87. The van der Waals surface area contributed by atoms with Gasteiger partial charge >= 0.3 is 5.00 Å². The molecule has 1 aromatic heterocycles. The van der Waals surface area contributed by atoms with Crippen LogP contribution in [-0.2, 0) is 5.66 Å². The molecule has 0 radical (unpaired) electrons. The van der Waals surface area contributed by atoms with E-state index in [9.17, 15) is 19.3 Å². The lowest BCUT2D eigenvalue weighted by Gasteiger charge is -2.28. The highest BCUT2D eigenvalue weighted by Crippen LogP contribution is 2.36. The number of carbonyl (C=O) groups excluding carboxylic acids is 1. The fraction of sp³-hybridized carbons (Fsp3) is 0.125. The molecule has 1 unspecified atom stereocenters. The number of nitrogens with two attached hydrogens (primary N) is 2. The third-order valence-corrected chi connectivity index (χ3v) is 4.93. The maximum absolute atomic E-state index is 14.3. The van der Waals surface area contributed by atoms with Crippen LogP contribution in [-0.4, -0.2) is 23.9 Å². The molecule has 28 heavy (non-hydrogen) atoms. The summed E-state index contributed by atoms with van der Waals surface area (Å²) in [6.07, 6.45) is 0.996. The molecule has 3 rings (SSSR count). The Morgan fingerprint density at radius 2 is 2.18 bits per heavy atom. The molecular weight excluding hydrogens is 391 g/mol. The van der Waals surface area contributed by atoms with Gasteiger partial charge in [0.05, 0.1) is 22.6 Å². The molecule has 10 nitrogen and oxygen atoms in total. The van der Waals surface area contributed by atoms with E-state index in [4.69, 9.17) is 16.2 Å². The van der Waals surface area contributed by atoms with Crippen molar-refractivity contribution in [3.8, 4) is 5.75 Å². The van der Waals surface area contributed by atoms with Crippen molar-refractivity contribution in [3.05, 3.63) is 62.9 Å². The van der Waals surface area contributed by atoms with Gasteiger partial charge in [-0.1, -0.05) is 17.4 Å². The molecule has 0 aliphatic carbocycles. The van der Waals surface area contributed by atoms with E-state index in [-0.39, 0.29) is 32.8 Å². The molecule has 0 fully saturated rings. The van der Waals surface area contributed by atoms with Crippen LogP contribution in [0.3, 0.4) is 0 Å². The van der Waals surface area contributed by atoms with Gasteiger partial charge < -0.3 is 21.1 Å². The first-order valence-electron chi connectivity index (χ1n) is 7.75. The number of amides is 1. The fourth-order valence-corrected chi connectivity index (χ4v) is 3.22. The van der Waals surface area contributed by atoms with Gasteiger partial charge in [-0.2, -0.15) is 0 Å². The van der Waals surface area contributed by atoms with Gasteiger partial charge in [-0.3, -0.25) is 20.6 Å². The number of rotatable bonds is 5. The molecule has 1 aliphatic rings. The number of anilines is 1. The van der Waals surface area contributed by atoms with Crippen LogP contribution in [0.25, 0.3) is 0 Å². The van der Waals surface area contributed by atoms with Crippen molar-refractivity contribution in [1.29, 1.82) is 0 Å². The van der Waals surface area contributed by atoms with Crippen molar-refractivity contribution in [1.82, 2.24) is 5.32 Å². The van der Waals surface area contributed by atoms with E-state index in [2.05, 4.69) is 15.6 Å². The fourth-order valence-electron chi connectivity index (χ4n) is 2.50. The highest BCUT2D eigenvalue weighted by Gasteiger charge is 2.36. The lowest BCUT2D eigenvalue weighted by Crippen LogP contribution is -2.44. The van der Waals surface area contributed by atoms with Gasteiger partial charge in [0.15, 0.2) is 17.4 Å². The summed E-state index contributed by atoms with van der Waals surface area (Å²) in [5.74, 6) is -1.17. The van der Waals surface area contributed by atoms with Crippen LogP contribution in [0.2, 0.25) is 0 Å². The van der Waals surface area contributed by atoms with Gasteiger partial charge in [0.1, 0.15) is 5.75 Å². The number of methoxy groups -OCH3 is 1. The predicted molar refractivity (Wildman–Crippen MR) is 102 cm³/mol. The Balaban J connectivity index is 1.95. The summed E-state index contributed by atoms with van der Waals surface area (Å²) in [4.78, 5) is 26.7. The number of hydrogen-bond acceptors (Lipinski definition) is 9. The minimum Gasteiger partial charge on any atom is -0.495 e. The monoisotopic (exact) mass is 406 g/mol. The highest BCUT2D eigenvalue weighted by molar-refractivity contribution is 7.17. The smallest absolute Gasteiger partial charge is 0.324 e. The molecule has 146 valence electrons. The quantitative estimate of drug-likeness (QED) is 0.435. The molecule has 6 N–H and O–H groups in total. The first-order valence-corrected chi connectivity index (χ1v) is 8.57. The Kier molecular flexibility index (Phi) is 4.98. The van der Waals surface area contributed by atoms with Crippen LogP contribution in [0.5, 0.6) is 5.75 Å². The first-order chi connectivity index (χ1) is 13.2. The number of hydrogen-bond donors (Lipinski definition) is 4. The molecule has 2 aromatic rings. The largest absolute Gasteiger partial charge is 0.495 e. The van der Waals surface area contributed by atoms with E-state index in [1.54, 1.807) is 0 Å². The number of nitrogens with one attached hydrogen (secondary N) is 2. The van der Waals surface area contributed by atoms with Crippen molar-refractivity contribution in [2.75, 3.05) is 12.4 Å². The van der Waals surface area contributed by atoms with Crippen LogP contribution < -0.4 is 26.8 Å². The number of nitrogens with zero attached hydrogens (tertiary/aromatic N) is 2. The molecule has 1 amide bonds. The van der Waals surface area contributed by atoms with Crippen molar-refractivity contribution < 1.29 is 18.8 Å². The predicted octanol–water partition coefficient (Wildman–Crippen LogP) is 1.76. The van der Waals surface area contributed by atoms with Crippen molar-refractivity contribution in [2.45, 2.75) is 5.66 Å². The first kappa shape index (κ1) is 19.3. The molecule has 0 saturated carbocycles. The van der Waals surface area contributed by atoms with Crippen LogP contribution in [0, 0.1) is 10.1 Å². The summed E-state index contributed by atoms with van der Waals surface area (Å²) in [6.45, 7) is 0. The molecule has 0 bridgehead atoms. The van der Waals surface area contributed by atoms with Gasteiger partial charge in [0, 0.05) is 17.8 Å². The van der Waals surface area contributed by atoms with Crippen LogP contribution in [0.4, 0.5) is 15.1 Å². The number of thiophene rings is 1. The molecule has 2 heterocycles. The van der Waals surface area contributed by atoms with E-state index >= 15 is 0 Å². The SMILES string of the molecule is COc1ccc(C2(N)N=C(N)NC=C2F)cc1NC(=O)c1ccc([N+](=O)[O-])s1. The summed E-state index contributed by atoms with van der Waals surface area (Å²) < 4.78 is 19.5. The van der Waals surface area contributed by atoms with Crippen molar-refractivity contribution >= 4 is 33.9 Å². The average Bonchev–Trinajstić information content (AvgIpc) is 3.15. The third kappa shape index (κ3) is 3.50. The zero-order valence-electron chi connectivity index (χ0n) is 14.4. The number of carbonyl (C=O) groups is 1. The Morgan fingerprint density at radius 1 is 1.43 bits per heavy atom. The molecule has 12 heteroatoms. The second-order valence-corrected chi connectivity index (χ2v) is 6.73. The zero-order chi connectivity index (χ0) is 20.5. The Bertz CT molecular complexity index is 1020. The van der Waals surface area contributed by atoms with Gasteiger partial charge in [0.2, 0.25) is 0 Å². The Morgan fingerprint density at radius 3 is 2.82 bits per heavy atom. The molecule has 1 aromatic carbocycles. The van der Waals surface area contributed by atoms with Gasteiger partial charge in [-0.25, -0.2) is 9.38 Å². The maximum Gasteiger partial charge on any atom is 0.324 e. The Hall–Kier alpha value is -3.51. The van der Waals surface area contributed by atoms with Gasteiger partial charge in [-0.05, 0) is 18.2 Å². The molecule has 0 saturated heterocycles. The van der Waals surface area contributed by atoms with Gasteiger partial charge in [0.25, 0.3) is 5.91 Å². The second-order valence-electron chi connectivity index (χ2n) is 5.66. The molecule has 1 aliphatic heterocycles. The van der Waals surface area contributed by atoms with E-state index in [0.29, 0.717) is 0 Å². The summed E-state index contributed by atoms with van der Waals surface area (Å²) >= 11 is 0.722. The van der Waals surface area contributed by atoms with E-state index in [1.807, 2.05) is 0 Å².